The number of aliphatic imine (C=N–C) groups is 1. The van der Waals surface area contributed by atoms with Gasteiger partial charge in [-0.15, -0.1) is 0 Å². The molecule has 6 nitrogen and oxygen atoms in total. The molecule has 13 heavy (non-hydrogen) atoms. The molecule has 0 fully saturated rings. The summed E-state index contributed by atoms with van der Waals surface area (Å²) in [7, 11) is 0. The van der Waals surface area contributed by atoms with E-state index in [1.807, 2.05) is 0 Å². The first-order valence-corrected chi connectivity index (χ1v) is 4.16. The number of rotatable bonds is 3. The smallest absolute Gasteiger partial charge is 0.347 e. The van der Waals surface area contributed by atoms with Crippen LogP contribution in [0.5, 0.6) is 0 Å². The number of carbonyl (C=O) groups is 1. The predicted octanol–water partition coefficient (Wildman–Crippen LogP) is 0.273. The normalized spacial score (nSPS) is 10.6. The van der Waals surface area contributed by atoms with Crippen LogP contribution >= 0.6 is 11.3 Å². The molecule has 0 amide bonds. The van der Waals surface area contributed by atoms with E-state index in [1.165, 1.54) is 6.34 Å². The summed E-state index contributed by atoms with van der Waals surface area (Å²) in [6.45, 7) is 1.62. The summed E-state index contributed by atoms with van der Waals surface area (Å²) in [5, 5.41) is 9.05. The second kappa shape index (κ2) is 3.97. The molecule has 1 rings (SSSR count). The van der Waals surface area contributed by atoms with Gasteiger partial charge in [0.05, 0.1) is 5.69 Å². The Bertz CT molecular complexity index is 346. The lowest BCUT2D eigenvalue weighted by molar-refractivity contribution is 0.0701. The van der Waals surface area contributed by atoms with Crippen LogP contribution in [0.15, 0.2) is 4.99 Å². The molecule has 0 unspecified atom stereocenters. The van der Waals surface area contributed by atoms with E-state index in [4.69, 9.17) is 10.9 Å². The van der Waals surface area contributed by atoms with E-state index in [-0.39, 0.29) is 4.88 Å². The summed E-state index contributed by atoms with van der Waals surface area (Å²) in [5.41, 5.74) is 2.66. The number of nitrogens with zero attached hydrogens (tertiary/aromatic N) is 2. The van der Waals surface area contributed by atoms with E-state index in [9.17, 15) is 4.79 Å². The Kier molecular flexibility index (Phi) is 2.93. The predicted molar refractivity (Wildman–Crippen MR) is 49.3 cm³/mol. The van der Waals surface area contributed by atoms with Crippen molar-refractivity contribution in [3.8, 4) is 0 Å². The molecule has 0 aliphatic carbocycles. The minimum Gasteiger partial charge on any atom is -0.477 e. The minimum absolute atomic E-state index is 0.198. The molecule has 0 aliphatic rings. The van der Waals surface area contributed by atoms with E-state index < -0.39 is 5.97 Å². The van der Waals surface area contributed by atoms with Crippen molar-refractivity contribution in [1.29, 1.82) is 0 Å². The first-order valence-electron chi connectivity index (χ1n) is 3.34. The molecular weight excluding hydrogens is 192 g/mol. The first-order chi connectivity index (χ1) is 6.15. The summed E-state index contributed by atoms with van der Waals surface area (Å²) in [6, 6.07) is 0. The van der Waals surface area contributed by atoms with Crippen molar-refractivity contribution < 1.29 is 9.90 Å². The Hall–Kier alpha value is -1.47. The number of nitrogens with two attached hydrogens (primary N) is 1. The van der Waals surface area contributed by atoms with Gasteiger partial charge in [0.2, 0.25) is 5.13 Å². The van der Waals surface area contributed by atoms with Gasteiger partial charge in [0.25, 0.3) is 0 Å². The summed E-state index contributed by atoms with van der Waals surface area (Å²) in [4.78, 5) is 18.5. The molecule has 0 saturated carbocycles. The molecule has 0 radical (unpaired) electrons. The van der Waals surface area contributed by atoms with Gasteiger partial charge in [-0.1, -0.05) is 11.3 Å². The number of aromatic nitrogens is 1. The molecule has 7 heteroatoms. The van der Waals surface area contributed by atoms with E-state index in [2.05, 4.69) is 15.4 Å². The number of hydrogen-bond donors (Lipinski definition) is 3. The standard InChI is InChI=1S/C6H8N4O2S/c1-3-4(5(11)12)13-6(10-3)8-2-9-7/h2H,7H2,1H3,(H,11,12)(H,8,9,10). The van der Waals surface area contributed by atoms with E-state index in [0.717, 1.165) is 11.3 Å². The van der Waals surface area contributed by atoms with Crippen LogP contribution < -0.4 is 11.3 Å². The van der Waals surface area contributed by atoms with Crippen LogP contribution in [-0.2, 0) is 0 Å². The summed E-state index contributed by atoms with van der Waals surface area (Å²) >= 11 is 1.00. The quantitative estimate of drug-likeness (QED) is 0.281. The van der Waals surface area contributed by atoms with Crippen molar-refractivity contribution in [3.05, 3.63) is 10.6 Å². The Balaban J connectivity index is 2.95. The van der Waals surface area contributed by atoms with Crippen molar-refractivity contribution in [2.45, 2.75) is 6.92 Å². The van der Waals surface area contributed by atoms with Gasteiger partial charge >= 0.3 is 5.97 Å². The Labute approximate surface area is 78.1 Å². The second-order valence-electron chi connectivity index (χ2n) is 2.14. The Morgan fingerprint density at radius 3 is 3.00 bits per heavy atom. The summed E-state index contributed by atoms with van der Waals surface area (Å²) in [6.07, 6.45) is 1.24. The number of nitrogens with one attached hydrogen (secondary N) is 1. The Morgan fingerprint density at radius 1 is 1.85 bits per heavy atom. The number of carboxylic acid groups (broad SMARTS) is 1. The highest BCUT2D eigenvalue weighted by molar-refractivity contribution is 7.17. The zero-order valence-corrected chi connectivity index (χ0v) is 7.63. The van der Waals surface area contributed by atoms with Gasteiger partial charge in [0.15, 0.2) is 0 Å². The number of thiazole rings is 1. The molecule has 0 spiro atoms. The van der Waals surface area contributed by atoms with Crippen molar-refractivity contribution >= 4 is 28.8 Å². The maximum Gasteiger partial charge on any atom is 0.347 e. The number of aromatic carboxylic acids is 1. The van der Waals surface area contributed by atoms with Gasteiger partial charge in [-0.2, -0.15) is 0 Å². The van der Waals surface area contributed by atoms with Crippen LogP contribution in [0.25, 0.3) is 0 Å². The van der Waals surface area contributed by atoms with Crippen LogP contribution in [0.2, 0.25) is 0 Å². The third kappa shape index (κ3) is 2.23. The maximum atomic E-state index is 10.6. The second-order valence-corrected chi connectivity index (χ2v) is 3.12. The molecular formula is C6H8N4O2S. The lowest BCUT2D eigenvalue weighted by Gasteiger charge is -1.84. The van der Waals surface area contributed by atoms with Crippen LogP contribution in [0, 0.1) is 6.92 Å². The van der Waals surface area contributed by atoms with E-state index in [0.29, 0.717) is 10.8 Å². The van der Waals surface area contributed by atoms with Gasteiger partial charge in [-0.25, -0.2) is 20.6 Å². The molecule has 0 bridgehead atoms. The molecule has 1 aromatic rings. The highest BCUT2D eigenvalue weighted by atomic mass is 32.1. The molecule has 0 atom stereocenters. The summed E-state index contributed by atoms with van der Waals surface area (Å²) < 4.78 is 0. The van der Waals surface area contributed by atoms with Gasteiger partial charge in [0, 0.05) is 0 Å². The molecule has 0 aromatic carbocycles. The zero-order chi connectivity index (χ0) is 9.84. The highest BCUT2D eigenvalue weighted by Crippen LogP contribution is 2.24. The Morgan fingerprint density at radius 2 is 2.54 bits per heavy atom. The first kappa shape index (κ1) is 9.62. The number of aryl methyl sites for hydroxylation is 1. The van der Waals surface area contributed by atoms with E-state index >= 15 is 0 Å². The van der Waals surface area contributed by atoms with Gasteiger partial charge in [-0.05, 0) is 6.92 Å². The number of carboxylic acids is 1. The van der Waals surface area contributed by atoms with Crippen molar-refractivity contribution in [3.63, 3.8) is 0 Å². The van der Waals surface area contributed by atoms with Crippen LogP contribution in [-0.4, -0.2) is 22.4 Å². The van der Waals surface area contributed by atoms with Crippen LogP contribution in [0.4, 0.5) is 5.13 Å². The molecule has 1 aromatic heterocycles. The van der Waals surface area contributed by atoms with Gasteiger partial charge in [-0.3, -0.25) is 0 Å². The topological polar surface area (TPSA) is 101 Å². The lowest BCUT2D eigenvalue weighted by atomic mass is 10.4. The average molecular weight is 200 g/mol. The molecule has 0 aliphatic heterocycles. The van der Waals surface area contributed by atoms with Crippen LogP contribution in [0.3, 0.4) is 0 Å². The fraction of sp³-hybridized carbons (Fsp3) is 0.167. The number of hydrogen-bond acceptors (Lipinski definition) is 5. The number of hydrazine groups is 1. The van der Waals surface area contributed by atoms with Gasteiger partial charge in [0.1, 0.15) is 11.2 Å². The zero-order valence-electron chi connectivity index (χ0n) is 6.81. The molecule has 1 heterocycles. The third-order valence-electron chi connectivity index (χ3n) is 1.23. The largest absolute Gasteiger partial charge is 0.477 e. The fourth-order valence-corrected chi connectivity index (χ4v) is 1.48. The lowest BCUT2D eigenvalue weighted by Crippen LogP contribution is -2.18. The van der Waals surface area contributed by atoms with Crippen molar-refractivity contribution in [2.24, 2.45) is 10.8 Å². The maximum absolute atomic E-state index is 10.6. The van der Waals surface area contributed by atoms with Crippen molar-refractivity contribution in [1.82, 2.24) is 10.4 Å². The van der Waals surface area contributed by atoms with E-state index in [1.54, 1.807) is 6.92 Å². The summed E-state index contributed by atoms with van der Waals surface area (Å²) in [5.74, 6) is 3.95. The minimum atomic E-state index is -0.989. The molecule has 0 saturated heterocycles. The third-order valence-corrected chi connectivity index (χ3v) is 2.28. The highest BCUT2D eigenvalue weighted by Gasteiger charge is 2.12. The monoisotopic (exact) mass is 200 g/mol. The fourth-order valence-electron chi connectivity index (χ4n) is 0.728. The molecule has 70 valence electrons. The molecule has 4 N–H and O–H groups in total. The average Bonchev–Trinajstić information content (AvgIpc) is 2.43. The SMILES string of the molecule is Cc1nc(/N=C\NN)sc1C(=O)O. The van der Waals surface area contributed by atoms with Crippen molar-refractivity contribution in [2.75, 3.05) is 0 Å². The van der Waals surface area contributed by atoms with Gasteiger partial charge < -0.3 is 10.5 Å². The van der Waals surface area contributed by atoms with Crippen LogP contribution in [0.1, 0.15) is 15.4 Å².